The van der Waals surface area contributed by atoms with Crippen molar-refractivity contribution in [2.45, 2.75) is 24.7 Å². The van der Waals surface area contributed by atoms with Gasteiger partial charge in [-0.25, -0.2) is 8.42 Å². The lowest BCUT2D eigenvalue weighted by Gasteiger charge is -2.31. The second-order valence-electron chi connectivity index (χ2n) is 3.77. The Bertz CT molecular complexity index is 299. The van der Waals surface area contributed by atoms with Crippen molar-refractivity contribution in [3.63, 3.8) is 0 Å². The summed E-state index contributed by atoms with van der Waals surface area (Å²) in [6, 6.07) is 0. The van der Waals surface area contributed by atoms with Gasteiger partial charge in [-0.2, -0.15) is 0 Å². The van der Waals surface area contributed by atoms with Gasteiger partial charge in [0, 0.05) is 12.8 Å². The molecule has 2 saturated heterocycles. The van der Waals surface area contributed by atoms with Gasteiger partial charge in [0.05, 0.1) is 30.1 Å². The van der Waals surface area contributed by atoms with Crippen LogP contribution in [0.2, 0.25) is 0 Å². The summed E-state index contributed by atoms with van der Waals surface area (Å²) in [5, 5.41) is 0. The molecule has 2 rings (SSSR count). The number of rotatable bonds is 1. The minimum absolute atomic E-state index is 0.0857. The summed E-state index contributed by atoms with van der Waals surface area (Å²) in [5.41, 5.74) is 0. The number of hydrogen-bond acceptors (Lipinski definition) is 4. The zero-order valence-electron chi connectivity index (χ0n) is 7.74. The summed E-state index contributed by atoms with van der Waals surface area (Å²) in [6.07, 6.45) is 0.781. The molecule has 0 radical (unpaired) electrons. The molecule has 0 aliphatic carbocycles. The second-order valence-corrected chi connectivity index (χ2v) is 6.38. The molecule has 0 aromatic heterocycles. The Morgan fingerprint density at radius 3 is 2.50 bits per heavy atom. The molecule has 1 spiro atoms. The molecular formula is C8H13ClO4S. The first-order valence-electron chi connectivity index (χ1n) is 4.63. The third-order valence-corrected chi connectivity index (χ3v) is 4.67. The van der Waals surface area contributed by atoms with Crippen molar-refractivity contribution in [1.29, 1.82) is 0 Å². The van der Waals surface area contributed by atoms with Crippen LogP contribution < -0.4 is 0 Å². The molecular weight excluding hydrogens is 228 g/mol. The van der Waals surface area contributed by atoms with Gasteiger partial charge in [0.25, 0.3) is 0 Å². The first-order chi connectivity index (χ1) is 6.55. The van der Waals surface area contributed by atoms with E-state index < -0.39 is 15.6 Å². The highest BCUT2D eigenvalue weighted by Gasteiger charge is 2.45. The molecule has 0 amide bonds. The molecule has 0 saturated carbocycles. The van der Waals surface area contributed by atoms with Crippen LogP contribution in [0.15, 0.2) is 0 Å². The SMILES string of the molecule is O=S1(=O)CCC2(CC1)OCC(CCl)O2. The molecule has 14 heavy (non-hydrogen) atoms. The second kappa shape index (κ2) is 3.63. The fraction of sp³-hybridized carbons (Fsp3) is 1.00. The van der Waals surface area contributed by atoms with Crippen LogP contribution in [0.5, 0.6) is 0 Å². The molecule has 0 N–H and O–H groups in total. The van der Waals surface area contributed by atoms with Crippen molar-refractivity contribution < 1.29 is 17.9 Å². The number of sulfone groups is 1. The summed E-state index contributed by atoms with van der Waals surface area (Å²) >= 11 is 5.64. The maximum atomic E-state index is 11.2. The van der Waals surface area contributed by atoms with E-state index in [1.54, 1.807) is 0 Å². The van der Waals surface area contributed by atoms with E-state index in [9.17, 15) is 8.42 Å². The molecule has 4 nitrogen and oxygen atoms in total. The van der Waals surface area contributed by atoms with Crippen molar-refractivity contribution in [2.75, 3.05) is 24.0 Å². The minimum atomic E-state index is -2.86. The van der Waals surface area contributed by atoms with Gasteiger partial charge >= 0.3 is 0 Å². The first-order valence-corrected chi connectivity index (χ1v) is 6.99. The third kappa shape index (κ3) is 2.05. The number of ether oxygens (including phenoxy) is 2. The van der Waals surface area contributed by atoms with Crippen LogP contribution in [0.4, 0.5) is 0 Å². The Morgan fingerprint density at radius 2 is 2.00 bits per heavy atom. The molecule has 2 aliphatic rings. The highest BCUT2D eigenvalue weighted by Crippen LogP contribution is 2.34. The van der Waals surface area contributed by atoms with E-state index in [2.05, 4.69) is 0 Å². The van der Waals surface area contributed by atoms with Gasteiger partial charge in [-0.3, -0.25) is 0 Å². The molecule has 0 bridgehead atoms. The first kappa shape index (κ1) is 10.7. The van der Waals surface area contributed by atoms with Crippen molar-refractivity contribution in [1.82, 2.24) is 0 Å². The predicted molar refractivity (Wildman–Crippen MR) is 52.2 cm³/mol. The lowest BCUT2D eigenvalue weighted by molar-refractivity contribution is -0.170. The molecule has 0 aromatic carbocycles. The van der Waals surface area contributed by atoms with Gasteiger partial charge in [0.1, 0.15) is 0 Å². The molecule has 1 unspecified atom stereocenters. The van der Waals surface area contributed by atoms with Crippen molar-refractivity contribution in [3.05, 3.63) is 0 Å². The Kier molecular flexibility index (Phi) is 2.76. The Morgan fingerprint density at radius 1 is 1.36 bits per heavy atom. The van der Waals surface area contributed by atoms with E-state index >= 15 is 0 Å². The highest BCUT2D eigenvalue weighted by molar-refractivity contribution is 7.91. The van der Waals surface area contributed by atoms with Crippen LogP contribution >= 0.6 is 11.6 Å². The van der Waals surface area contributed by atoms with Gasteiger partial charge < -0.3 is 9.47 Å². The van der Waals surface area contributed by atoms with Gasteiger partial charge in [0.15, 0.2) is 15.6 Å². The normalized spacial score (nSPS) is 34.8. The van der Waals surface area contributed by atoms with E-state index in [4.69, 9.17) is 21.1 Å². The maximum Gasteiger partial charge on any atom is 0.170 e. The molecule has 1 atom stereocenters. The predicted octanol–water partition coefficient (Wildman–Crippen LogP) is 0.546. The van der Waals surface area contributed by atoms with E-state index in [1.807, 2.05) is 0 Å². The summed E-state index contributed by atoms with van der Waals surface area (Å²) < 4.78 is 33.5. The third-order valence-electron chi connectivity index (χ3n) is 2.67. The lowest BCUT2D eigenvalue weighted by Crippen LogP contribution is -2.40. The quantitative estimate of drug-likeness (QED) is 0.628. The standard InChI is InChI=1S/C8H13ClO4S/c9-5-7-6-12-8(13-7)1-3-14(10,11)4-2-8/h7H,1-6H2. The topological polar surface area (TPSA) is 52.6 Å². The van der Waals surface area contributed by atoms with Crippen LogP contribution in [0.3, 0.4) is 0 Å². The average Bonchev–Trinajstić information content (AvgIpc) is 2.56. The van der Waals surface area contributed by atoms with Gasteiger partial charge in [-0.1, -0.05) is 0 Å². The number of alkyl halides is 1. The Labute approximate surface area is 88.4 Å². The van der Waals surface area contributed by atoms with Gasteiger partial charge in [-0.15, -0.1) is 11.6 Å². The zero-order valence-corrected chi connectivity index (χ0v) is 9.31. The van der Waals surface area contributed by atoms with Crippen LogP contribution in [0.1, 0.15) is 12.8 Å². The fourth-order valence-corrected chi connectivity index (χ4v) is 3.40. The minimum Gasteiger partial charge on any atom is -0.347 e. The number of halogens is 1. The summed E-state index contributed by atoms with van der Waals surface area (Å²) in [4.78, 5) is 0. The van der Waals surface area contributed by atoms with Gasteiger partial charge in [-0.05, 0) is 0 Å². The highest BCUT2D eigenvalue weighted by atomic mass is 35.5. The molecule has 2 aliphatic heterocycles. The van der Waals surface area contributed by atoms with Crippen molar-refractivity contribution >= 4 is 21.4 Å². The van der Waals surface area contributed by atoms with E-state index in [1.165, 1.54) is 0 Å². The molecule has 2 fully saturated rings. The van der Waals surface area contributed by atoms with Gasteiger partial charge in [0.2, 0.25) is 0 Å². The Balaban J connectivity index is 2.01. The largest absolute Gasteiger partial charge is 0.347 e. The smallest absolute Gasteiger partial charge is 0.170 e. The molecule has 2 heterocycles. The van der Waals surface area contributed by atoms with Crippen LogP contribution in [0, 0.1) is 0 Å². The zero-order chi connectivity index (χ0) is 10.2. The number of hydrogen-bond donors (Lipinski definition) is 0. The summed E-state index contributed by atoms with van der Waals surface area (Å²) in [6.45, 7) is 0.476. The molecule has 82 valence electrons. The summed E-state index contributed by atoms with van der Waals surface area (Å²) in [7, 11) is -2.86. The molecule has 0 aromatic rings. The summed E-state index contributed by atoms with van der Waals surface area (Å²) in [5.74, 6) is 0.0450. The fourth-order valence-electron chi connectivity index (χ4n) is 1.80. The maximum absolute atomic E-state index is 11.2. The van der Waals surface area contributed by atoms with E-state index in [-0.39, 0.29) is 17.6 Å². The van der Waals surface area contributed by atoms with Crippen LogP contribution in [-0.2, 0) is 19.3 Å². The molecule has 6 heteroatoms. The van der Waals surface area contributed by atoms with Crippen molar-refractivity contribution in [3.8, 4) is 0 Å². The van der Waals surface area contributed by atoms with Crippen molar-refractivity contribution in [2.24, 2.45) is 0 Å². The average molecular weight is 241 g/mol. The van der Waals surface area contributed by atoms with Crippen LogP contribution in [0.25, 0.3) is 0 Å². The van der Waals surface area contributed by atoms with E-state index in [0.29, 0.717) is 25.3 Å². The van der Waals surface area contributed by atoms with E-state index in [0.717, 1.165) is 0 Å². The Hall–Kier alpha value is 0.160. The van der Waals surface area contributed by atoms with Crippen LogP contribution in [-0.4, -0.2) is 44.3 Å². The monoisotopic (exact) mass is 240 g/mol. The lowest BCUT2D eigenvalue weighted by atomic mass is 10.1.